The lowest BCUT2D eigenvalue weighted by atomic mass is 9.95. The maximum Gasteiger partial charge on any atom is 0.338 e. The van der Waals surface area contributed by atoms with Gasteiger partial charge in [-0.05, 0) is 67.3 Å². The molecular formula is C33H34Cl2N4O4S. The standard InChI is InChI=1S/C33H34Cl2N4O4S/c1-4-6-17-42-31(40)29-21(3)36-32-37-33(44-20-24-9-7-8-10-26(24)35)38-39(32)30(29)23-13-16-27(28(18-23)41-5-2)43-19-22-11-14-25(34)15-12-22/h7-16,18,30H,4-6,17,19-20H2,1-3H3,(H,36,37,38). The Kier molecular flexibility index (Phi) is 10.7. The summed E-state index contributed by atoms with van der Waals surface area (Å²) in [5.41, 5.74) is 3.86. The van der Waals surface area contributed by atoms with E-state index in [1.165, 1.54) is 11.8 Å². The van der Waals surface area contributed by atoms with Crippen molar-refractivity contribution in [1.82, 2.24) is 14.8 Å². The molecule has 1 aliphatic heterocycles. The number of halogens is 2. The van der Waals surface area contributed by atoms with E-state index in [1.807, 2.05) is 80.6 Å². The number of nitrogens with one attached hydrogen (secondary N) is 1. The highest BCUT2D eigenvalue weighted by molar-refractivity contribution is 7.98. The molecule has 1 atom stereocenters. The highest BCUT2D eigenvalue weighted by atomic mass is 35.5. The number of benzene rings is 3. The first-order chi connectivity index (χ1) is 21.4. The van der Waals surface area contributed by atoms with Crippen molar-refractivity contribution >= 4 is 46.9 Å². The number of allylic oxidation sites excluding steroid dienone is 1. The molecule has 1 aliphatic rings. The highest BCUT2D eigenvalue weighted by Gasteiger charge is 2.36. The van der Waals surface area contributed by atoms with E-state index in [0.717, 1.165) is 29.5 Å². The quantitative estimate of drug-likeness (QED) is 0.0874. The average Bonchev–Trinajstić information content (AvgIpc) is 3.42. The van der Waals surface area contributed by atoms with Gasteiger partial charge in [-0.3, -0.25) is 0 Å². The maximum absolute atomic E-state index is 13.5. The molecule has 230 valence electrons. The van der Waals surface area contributed by atoms with Gasteiger partial charge < -0.3 is 19.5 Å². The Hall–Kier alpha value is -3.66. The number of ether oxygens (including phenoxy) is 3. The Labute approximate surface area is 271 Å². The van der Waals surface area contributed by atoms with Crippen LogP contribution in [0.3, 0.4) is 0 Å². The second-order valence-electron chi connectivity index (χ2n) is 10.2. The number of thioether (sulfide) groups is 1. The van der Waals surface area contributed by atoms with Crippen molar-refractivity contribution in [3.8, 4) is 11.5 Å². The molecule has 44 heavy (non-hydrogen) atoms. The number of anilines is 1. The number of carbonyl (C=O) groups is 1. The summed E-state index contributed by atoms with van der Waals surface area (Å²) in [6.07, 6.45) is 1.70. The van der Waals surface area contributed by atoms with Crippen LogP contribution in [0.15, 0.2) is 83.2 Å². The first-order valence-corrected chi connectivity index (χ1v) is 16.2. The zero-order valence-corrected chi connectivity index (χ0v) is 27.1. The van der Waals surface area contributed by atoms with Crippen molar-refractivity contribution in [2.24, 2.45) is 0 Å². The summed E-state index contributed by atoms with van der Waals surface area (Å²) in [5.74, 6) is 1.87. The van der Waals surface area contributed by atoms with Gasteiger partial charge in [0.1, 0.15) is 12.6 Å². The molecule has 1 unspecified atom stereocenters. The molecule has 0 radical (unpaired) electrons. The smallest absolute Gasteiger partial charge is 0.338 e. The molecule has 0 aliphatic carbocycles. The monoisotopic (exact) mass is 652 g/mol. The lowest BCUT2D eigenvalue weighted by Gasteiger charge is -2.28. The van der Waals surface area contributed by atoms with Crippen LogP contribution in [0.5, 0.6) is 11.5 Å². The summed E-state index contributed by atoms with van der Waals surface area (Å²) in [6, 6.07) is 20.3. The van der Waals surface area contributed by atoms with Gasteiger partial charge in [-0.15, -0.1) is 5.10 Å². The van der Waals surface area contributed by atoms with E-state index < -0.39 is 12.0 Å². The SMILES string of the molecule is CCCCOC(=O)C1=C(C)Nc2nc(SCc3ccccc3Cl)nn2C1c1ccc(OCc2ccc(Cl)cc2)c(OCC)c1. The number of nitrogens with zero attached hydrogens (tertiary/aromatic N) is 3. The Morgan fingerprint density at radius 3 is 2.57 bits per heavy atom. The Morgan fingerprint density at radius 1 is 1.02 bits per heavy atom. The van der Waals surface area contributed by atoms with Crippen LogP contribution in [0, 0.1) is 0 Å². The first-order valence-electron chi connectivity index (χ1n) is 14.5. The van der Waals surface area contributed by atoms with Crippen molar-refractivity contribution in [2.75, 3.05) is 18.5 Å². The van der Waals surface area contributed by atoms with E-state index >= 15 is 0 Å². The number of esters is 1. The van der Waals surface area contributed by atoms with Gasteiger partial charge in [-0.2, -0.15) is 4.98 Å². The minimum Gasteiger partial charge on any atom is -0.490 e. The summed E-state index contributed by atoms with van der Waals surface area (Å²) in [6.45, 7) is 6.94. The van der Waals surface area contributed by atoms with Crippen LogP contribution >= 0.6 is 35.0 Å². The topological polar surface area (TPSA) is 87.5 Å². The Bertz CT molecular complexity index is 1640. The third-order valence-corrected chi connectivity index (χ3v) is 8.50. The molecular weight excluding hydrogens is 619 g/mol. The van der Waals surface area contributed by atoms with Crippen LogP contribution in [-0.2, 0) is 21.9 Å². The number of hydrogen-bond donors (Lipinski definition) is 1. The molecule has 3 aromatic carbocycles. The van der Waals surface area contributed by atoms with Crippen LogP contribution in [0.2, 0.25) is 10.0 Å². The van der Waals surface area contributed by atoms with Gasteiger partial charge in [-0.25, -0.2) is 9.48 Å². The number of fused-ring (bicyclic) bond motifs is 1. The summed E-state index contributed by atoms with van der Waals surface area (Å²) >= 11 is 13.9. The highest BCUT2D eigenvalue weighted by Crippen LogP contribution is 2.40. The van der Waals surface area contributed by atoms with Crippen LogP contribution in [0.25, 0.3) is 0 Å². The van der Waals surface area contributed by atoms with Gasteiger partial charge in [0.15, 0.2) is 11.5 Å². The first kappa shape index (κ1) is 31.8. The minimum atomic E-state index is -0.605. The molecule has 0 spiro atoms. The number of rotatable bonds is 13. The predicted octanol–water partition coefficient (Wildman–Crippen LogP) is 8.49. The minimum absolute atomic E-state index is 0.337. The van der Waals surface area contributed by atoms with E-state index in [-0.39, 0.29) is 0 Å². The lowest BCUT2D eigenvalue weighted by molar-refractivity contribution is -0.139. The number of hydrogen-bond acceptors (Lipinski definition) is 8. The van der Waals surface area contributed by atoms with Gasteiger partial charge in [0.05, 0.1) is 18.8 Å². The fourth-order valence-corrected chi connectivity index (χ4v) is 5.97. The zero-order valence-electron chi connectivity index (χ0n) is 24.8. The second-order valence-corrected chi connectivity index (χ2v) is 11.9. The zero-order chi connectivity index (χ0) is 31.1. The predicted molar refractivity (Wildman–Crippen MR) is 175 cm³/mol. The van der Waals surface area contributed by atoms with Crippen molar-refractivity contribution in [2.45, 2.75) is 57.2 Å². The van der Waals surface area contributed by atoms with E-state index in [2.05, 4.69) is 12.2 Å². The van der Waals surface area contributed by atoms with Crippen molar-refractivity contribution in [1.29, 1.82) is 0 Å². The van der Waals surface area contributed by atoms with E-state index in [9.17, 15) is 4.79 Å². The van der Waals surface area contributed by atoms with Gasteiger partial charge in [0, 0.05) is 21.5 Å². The molecule has 1 N–H and O–H groups in total. The molecule has 8 nitrogen and oxygen atoms in total. The molecule has 4 aromatic rings. The van der Waals surface area contributed by atoms with Crippen LogP contribution in [0.4, 0.5) is 5.95 Å². The fourth-order valence-electron chi connectivity index (χ4n) is 4.73. The number of unbranched alkanes of at least 4 members (excludes halogenated alkanes) is 1. The Morgan fingerprint density at radius 2 is 1.82 bits per heavy atom. The van der Waals surface area contributed by atoms with Gasteiger partial charge in [0.2, 0.25) is 11.1 Å². The third kappa shape index (κ3) is 7.52. The number of aromatic nitrogens is 3. The van der Waals surface area contributed by atoms with Crippen LogP contribution < -0.4 is 14.8 Å². The molecule has 0 bridgehead atoms. The van der Waals surface area contributed by atoms with Crippen LogP contribution in [0.1, 0.15) is 56.3 Å². The fraction of sp³-hybridized carbons (Fsp3) is 0.303. The summed E-state index contributed by atoms with van der Waals surface area (Å²) < 4.78 is 19.6. The molecule has 5 rings (SSSR count). The molecule has 0 saturated heterocycles. The van der Waals surface area contributed by atoms with Crippen molar-refractivity contribution in [3.63, 3.8) is 0 Å². The van der Waals surface area contributed by atoms with E-state index in [4.69, 9.17) is 47.5 Å². The lowest BCUT2D eigenvalue weighted by Crippen LogP contribution is -2.30. The van der Waals surface area contributed by atoms with E-state index in [1.54, 1.807) is 4.68 Å². The van der Waals surface area contributed by atoms with Crippen molar-refractivity contribution < 1.29 is 19.0 Å². The molecule has 0 saturated carbocycles. The van der Waals surface area contributed by atoms with E-state index in [0.29, 0.717) is 69.5 Å². The molecule has 11 heteroatoms. The summed E-state index contributed by atoms with van der Waals surface area (Å²) in [4.78, 5) is 18.3. The largest absolute Gasteiger partial charge is 0.490 e. The van der Waals surface area contributed by atoms with Gasteiger partial charge in [0.25, 0.3) is 0 Å². The average molecular weight is 654 g/mol. The summed E-state index contributed by atoms with van der Waals surface area (Å²) in [5, 5.41) is 10.0. The van der Waals surface area contributed by atoms with Crippen molar-refractivity contribution in [3.05, 3.63) is 105 Å². The molecule has 1 aromatic heterocycles. The Balaban J connectivity index is 1.48. The van der Waals surface area contributed by atoms with Gasteiger partial charge >= 0.3 is 5.97 Å². The third-order valence-electron chi connectivity index (χ3n) is 6.99. The second kappa shape index (κ2) is 14.9. The molecule has 0 amide bonds. The normalized spacial score (nSPS) is 14.2. The number of carbonyl (C=O) groups excluding carboxylic acids is 1. The van der Waals surface area contributed by atoms with Gasteiger partial charge in [-0.1, -0.05) is 84.7 Å². The van der Waals surface area contributed by atoms with Crippen LogP contribution in [-0.4, -0.2) is 33.9 Å². The summed E-state index contributed by atoms with van der Waals surface area (Å²) in [7, 11) is 0. The molecule has 0 fully saturated rings. The molecule has 2 heterocycles. The maximum atomic E-state index is 13.5.